The summed E-state index contributed by atoms with van der Waals surface area (Å²) in [4.78, 5) is 2.43. The Morgan fingerprint density at radius 2 is 1.83 bits per heavy atom. The van der Waals surface area contributed by atoms with E-state index in [1.165, 1.54) is 11.3 Å². The highest BCUT2D eigenvalue weighted by molar-refractivity contribution is 5.59. The first kappa shape index (κ1) is 14.0. The number of hydrogen-bond donors (Lipinski definition) is 0. The average Bonchev–Trinajstić information content (AvgIpc) is 3.18. The van der Waals surface area contributed by atoms with Gasteiger partial charge in [-0.2, -0.15) is 0 Å². The summed E-state index contributed by atoms with van der Waals surface area (Å²) in [7, 11) is 0. The van der Waals surface area contributed by atoms with Crippen molar-refractivity contribution >= 4 is 5.69 Å². The van der Waals surface area contributed by atoms with Crippen molar-refractivity contribution in [3.8, 4) is 11.5 Å². The van der Waals surface area contributed by atoms with Crippen molar-refractivity contribution in [2.75, 3.05) is 11.4 Å². The van der Waals surface area contributed by atoms with Crippen LogP contribution in [0, 0.1) is 0 Å². The third kappa shape index (κ3) is 2.72. The Bertz CT molecular complexity index is 797. The first-order valence-electron chi connectivity index (χ1n) is 8.03. The van der Waals surface area contributed by atoms with Gasteiger partial charge in [0.15, 0.2) is 0 Å². The molecule has 23 heavy (non-hydrogen) atoms. The van der Waals surface area contributed by atoms with E-state index in [9.17, 15) is 0 Å². The van der Waals surface area contributed by atoms with Crippen LogP contribution >= 0.6 is 0 Å². The minimum atomic E-state index is 0.518. The number of fused-ring (bicyclic) bond motifs is 1. The second-order valence-corrected chi connectivity index (χ2v) is 5.99. The van der Waals surface area contributed by atoms with E-state index < -0.39 is 0 Å². The van der Waals surface area contributed by atoms with Crippen molar-refractivity contribution in [2.45, 2.75) is 25.8 Å². The zero-order valence-electron chi connectivity index (χ0n) is 13.1. The van der Waals surface area contributed by atoms with Crippen LogP contribution in [-0.4, -0.2) is 22.8 Å². The summed E-state index contributed by atoms with van der Waals surface area (Å²) < 4.78 is 5.80. The lowest BCUT2D eigenvalue weighted by atomic mass is 10.1. The predicted octanol–water partition coefficient (Wildman–Crippen LogP) is 3.73. The summed E-state index contributed by atoms with van der Waals surface area (Å²) in [6.07, 6.45) is 1.87. The second kappa shape index (κ2) is 5.88. The molecule has 1 aliphatic heterocycles. The molecular formula is C19H19N3O. The molecule has 4 nitrogen and oxygen atoms in total. The van der Waals surface area contributed by atoms with Gasteiger partial charge in [0, 0.05) is 30.3 Å². The molecule has 1 unspecified atom stereocenters. The molecule has 3 aromatic rings. The topological polar surface area (TPSA) is 42.2 Å². The fourth-order valence-corrected chi connectivity index (χ4v) is 3.24. The monoisotopic (exact) mass is 305 g/mol. The van der Waals surface area contributed by atoms with Gasteiger partial charge in [0.25, 0.3) is 0 Å². The van der Waals surface area contributed by atoms with Crippen LogP contribution in [0.2, 0.25) is 0 Å². The molecule has 0 fully saturated rings. The molecule has 0 amide bonds. The number of benzene rings is 2. The fraction of sp³-hybridized carbons (Fsp3) is 0.263. The average molecular weight is 305 g/mol. The highest BCUT2D eigenvalue weighted by Gasteiger charge is 2.25. The van der Waals surface area contributed by atoms with Crippen LogP contribution in [0.5, 0.6) is 0 Å². The zero-order chi connectivity index (χ0) is 15.6. The van der Waals surface area contributed by atoms with Crippen LogP contribution in [0.4, 0.5) is 5.69 Å². The van der Waals surface area contributed by atoms with Crippen LogP contribution in [0.1, 0.15) is 18.4 Å². The van der Waals surface area contributed by atoms with Crippen molar-refractivity contribution in [1.82, 2.24) is 10.2 Å². The molecule has 4 rings (SSSR count). The van der Waals surface area contributed by atoms with Crippen LogP contribution in [0.3, 0.4) is 0 Å². The van der Waals surface area contributed by atoms with Crippen molar-refractivity contribution in [3.63, 3.8) is 0 Å². The Hall–Kier alpha value is -2.62. The third-order valence-corrected chi connectivity index (χ3v) is 4.40. The number of aromatic nitrogens is 2. The maximum absolute atomic E-state index is 5.80. The number of anilines is 1. The van der Waals surface area contributed by atoms with Gasteiger partial charge >= 0.3 is 0 Å². The first-order valence-corrected chi connectivity index (χ1v) is 8.03. The van der Waals surface area contributed by atoms with Crippen molar-refractivity contribution in [3.05, 3.63) is 66.1 Å². The molecule has 2 aromatic carbocycles. The molecule has 0 aliphatic carbocycles. The van der Waals surface area contributed by atoms with Gasteiger partial charge in [0.05, 0.1) is 0 Å². The van der Waals surface area contributed by atoms with Gasteiger partial charge in [-0.25, -0.2) is 0 Å². The minimum Gasteiger partial charge on any atom is -0.421 e. The van der Waals surface area contributed by atoms with E-state index in [2.05, 4.69) is 46.3 Å². The number of rotatable bonds is 4. The van der Waals surface area contributed by atoms with Gasteiger partial charge in [0.1, 0.15) is 0 Å². The molecule has 0 saturated carbocycles. The smallest absolute Gasteiger partial charge is 0.247 e. The van der Waals surface area contributed by atoms with Gasteiger partial charge < -0.3 is 9.32 Å². The highest BCUT2D eigenvalue weighted by Crippen LogP contribution is 2.31. The van der Waals surface area contributed by atoms with Crippen molar-refractivity contribution < 1.29 is 4.42 Å². The minimum absolute atomic E-state index is 0.518. The standard InChI is InChI=1S/C19H19N3O/c1-14-13-16-9-5-6-10-17(16)22(14)12-11-18-20-21-19(23-18)15-7-3-2-4-8-15/h2-10,14H,11-13H2,1H3. The molecule has 1 atom stereocenters. The summed E-state index contributed by atoms with van der Waals surface area (Å²) in [5.41, 5.74) is 3.73. The van der Waals surface area contributed by atoms with Crippen LogP contribution < -0.4 is 4.90 Å². The molecular weight excluding hydrogens is 286 g/mol. The molecule has 0 radical (unpaired) electrons. The Balaban J connectivity index is 1.47. The van der Waals surface area contributed by atoms with Crippen LogP contribution in [-0.2, 0) is 12.8 Å². The largest absolute Gasteiger partial charge is 0.421 e. The van der Waals surface area contributed by atoms with E-state index in [4.69, 9.17) is 4.42 Å². The number of hydrogen-bond acceptors (Lipinski definition) is 4. The van der Waals surface area contributed by atoms with Crippen molar-refractivity contribution in [1.29, 1.82) is 0 Å². The molecule has 4 heteroatoms. The summed E-state index contributed by atoms with van der Waals surface area (Å²) in [5.74, 6) is 1.29. The lowest BCUT2D eigenvalue weighted by Crippen LogP contribution is -2.31. The molecule has 1 aliphatic rings. The van der Waals surface area contributed by atoms with E-state index >= 15 is 0 Å². The van der Waals surface area contributed by atoms with Crippen LogP contribution in [0.15, 0.2) is 59.0 Å². The fourth-order valence-electron chi connectivity index (χ4n) is 3.24. The maximum Gasteiger partial charge on any atom is 0.247 e. The summed E-state index contributed by atoms with van der Waals surface area (Å²) in [6.45, 7) is 3.16. The second-order valence-electron chi connectivity index (χ2n) is 5.99. The number of nitrogens with zero attached hydrogens (tertiary/aromatic N) is 3. The summed E-state index contributed by atoms with van der Waals surface area (Å²) in [6, 6.07) is 19.0. The van der Waals surface area contributed by atoms with Gasteiger partial charge in [-0.15, -0.1) is 10.2 Å². The molecule has 2 heterocycles. The Morgan fingerprint density at radius 3 is 2.70 bits per heavy atom. The molecule has 116 valence electrons. The molecule has 0 spiro atoms. The van der Waals surface area contributed by atoms with Gasteiger partial charge in [-0.1, -0.05) is 36.4 Å². The Kier molecular flexibility index (Phi) is 3.58. The summed E-state index contributed by atoms with van der Waals surface area (Å²) in [5, 5.41) is 8.35. The quantitative estimate of drug-likeness (QED) is 0.736. The van der Waals surface area contributed by atoms with E-state index in [1.807, 2.05) is 30.3 Å². The zero-order valence-corrected chi connectivity index (χ0v) is 13.1. The highest BCUT2D eigenvalue weighted by atomic mass is 16.4. The Morgan fingerprint density at radius 1 is 1.04 bits per heavy atom. The van der Waals surface area contributed by atoms with Crippen molar-refractivity contribution in [2.24, 2.45) is 0 Å². The van der Waals surface area contributed by atoms with E-state index in [1.54, 1.807) is 0 Å². The molecule has 0 N–H and O–H groups in total. The predicted molar refractivity (Wildman–Crippen MR) is 90.4 cm³/mol. The van der Waals surface area contributed by atoms with Gasteiger partial charge in [-0.3, -0.25) is 0 Å². The van der Waals surface area contributed by atoms with E-state index in [-0.39, 0.29) is 0 Å². The number of para-hydroxylation sites is 1. The normalized spacial score (nSPS) is 16.6. The van der Waals surface area contributed by atoms with E-state index in [0.717, 1.165) is 24.9 Å². The Labute approximate surface area is 135 Å². The maximum atomic E-state index is 5.80. The van der Waals surface area contributed by atoms with Gasteiger partial charge in [0.2, 0.25) is 11.8 Å². The SMILES string of the molecule is CC1Cc2ccccc2N1CCc1nnc(-c2ccccc2)o1. The van der Waals surface area contributed by atoms with Crippen LogP contribution in [0.25, 0.3) is 11.5 Å². The lowest BCUT2D eigenvalue weighted by Gasteiger charge is -2.24. The summed E-state index contributed by atoms with van der Waals surface area (Å²) >= 11 is 0. The molecule has 0 saturated heterocycles. The molecule has 0 bridgehead atoms. The molecule has 1 aromatic heterocycles. The van der Waals surface area contributed by atoms with Gasteiger partial charge in [-0.05, 0) is 37.1 Å². The first-order chi connectivity index (χ1) is 11.3. The third-order valence-electron chi connectivity index (χ3n) is 4.40. The van der Waals surface area contributed by atoms with E-state index in [0.29, 0.717) is 17.8 Å². The lowest BCUT2D eigenvalue weighted by molar-refractivity contribution is 0.499.